The summed E-state index contributed by atoms with van der Waals surface area (Å²) in [5.74, 6) is 0.360. The number of benzene rings is 2. The first-order valence-electron chi connectivity index (χ1n) is 14.9. The number of hydrogen-bond acceptors (Lipinski definition) is 8. The summed E-state index contributed by atoms with van der Waals surface area (Å²) < 4.78 is 7.08. The van der Waals surface area contributed by atoms with Gasteiger partial charge >= 0.3 is 0 Å². The van der Waals surface area contributed by atoms with Gasteiger partial charge in [0, 0.05) is 37.8 Å². The highest BCUT2D eigenvalue weighted by atomic mass is 35.5. The van der Waals surface area contributed by atoms with Gasteiger partial charge in [0.2, 0.25) is 6.41 Å². The maximum absolute atomic E-state index is 14.0. The number of nitrogens with one attached hydrogen (secondary N) is 1. The molecule has 2 aromatic heterocycles. The predicted octanol–water partition coefficient (Wildman–Crippen LogP) is 4.28. The van der Waals surface area contributed by atoms with E-state index in [1.54, 1.807) is 25.4 Å². The van der Waals surface area contributed by atoms with E-state index < -0.39 is 5.54 Å². The van der Waals surface area contributed by atoms with E-state index in [9.17, 15) is 9.59 Å². The Balaban J connectivity index is 1.22. The zero-order chi connectivity index (χ0) is 31.4. The zero-order valence-electron chi connectivity index (χ0n) is 24.9. The molecule has 1 N–H and O–H groups in total. The zero-order valence-corrected chi connectivity index (χ0v) is 26.4. The van der Waals surface area contributed by atoms with Crippen molar-refractivity contribution in [3.8, 4) is 11.4 Å². The van der Waals surface area contributed by atoms with Crippen LogP contribution in [-0.4, -0.2) is 87.1 Å². The summed E-state index contributed by atoms with van der Waals surface area (Å²) in [5.41, 5.74) is 2.24. The molecule has 234 valence electrons. The van der Waals surface area contributed by atoms with Crippen molar-refractivity contribution in [3.05, 3.63) is 94.0 Å². The molecule has 0 spiro atoms. The molecule has 0 unspecified atom stereocenters. The van der Waals surface area contributed by atoms with Gasteiger partial charge in [-0.3, -0.25) is 14.6 Å². The molecule has 11 nitrogen and oxygen atoms in total. The van der Waals surface area contributed by atoms with Gasteiger partial charge in [-0.25, -0.2) is 4.68 Å². The lowest BCUT2D eigenvalue weighted by Crippen LogP contribution is -2.51. The average Bonchev–Trinajstić information content (AvgIpc) is 3.78. The highest BCUT2D eigenvalue weighted by Crippen LogP contribution is 2.42. The van der Waals surface area contributed by atoms with Crippen molar-refractivity contribution in [1.82, 2.24) is 40.3 Å². The standard InChI is InChI=1S/C32H34Cl2N8O3/c1-45-28-8-6-24(42-21-37-38-39-42)19-25(28)30(44)41-17-10-31(20-41,23-5-7-26(33)27(34)18-23)9-14-40-15-11-32(12-16-40,36-22-43)29-4-2-3-13-35-29/h2-8,13,18-19,21-22H,9-12,14-17,20H2,1H3,(H,36,43)/t31-/m0/s1. The molecule has 2 saturated heterocycles. The maximum Gasteiger partial charge on any atom is 0.257 e. The summed E-state index contributed by atoms with van der Waals surface area (Å²) >= 11 is 12.8. The number of ether oxygens (including phenoxy) is 1. The van der Waals surface area contributed by atoms with Gasteiger partial charge in [0.25, 0.3) is 5.91 Å². The Labute approximate surface area is 271 Å². The molecule has 45 heavy (non-hydrogen) atoms. The van der Waals surface area contributed by atoms with Crippen LogP contribution in [0.5, 0.6) is 5.75 Å². The third-order valence-corrected chi connectivity index (χ3v) is 10.0. The molecule has 0 bridgehead atoms. The number of tetrazole rings is 1. The Morgan fingerprint density at radius 1 is 1.04 bits per heavy atom. The first kappa shape index (κ1) is 30.9. The highest BCUT2D eigenvalue weighted by Gasteiger charge is 2.43. The van der Waals surface area contributed by atoms with Gasteiger partial charge in [-0.05, 0) is 90.7 Å². The molecule has 1 atom stereocenters. The Bertz CT molecular complexity index is 1650. The molecule has 2 amide bonds. The number of aromatic nitrogens is 5. The first-order valence-corrected chi connectivity index (χ1v) is 15.6. The number of nitrogens with zero attached hydrogens (tertiary/aromatic N) is 7. The second-order valence-corrected chi connectivity index (χ2v) is 12.5. The fourth-order valence-corrected chi connectivity index (χ4v) is 6.97. The SMILES string of the molecule is COc1ccc(-n2cnnn2)cc1C(=O)N1CC[C@](CCN2CCC(NC=O)(c3ccccn3)CC2)(c2ccc(Cl)c(Cl)c2)C1. The van der Waals surface area contributed by atoms with Crippen LogP contribution in [0.15, 0.2) is 67.1 Å². The number of carbonyl (C=O) groups is 2. The predicted molar refractivity (Wildman–Crippen MR) is 170 cm³/mol. The lowest BCUT2D eigenvalue weighted by Gasteiger charge is -2.42. The number of methoxy groups -OCH3 is 1. The Morgan fingerprint density at radius 3 is 2.58 bits per heavy atom. The minimum atomic E-state index is -0.479. The number of piperidine rings is 1. The molecule has 2 aliphatic rings. The normalized spacial score (nSPS) is 19.8. The van der Waals surface area contributed by atoms with E-state index in [2.05, 4.69) is 30.7 Å². The summed E-state index contributed by atoms with van der Waals surface area (Å²) in [6.45, 7) is 3.51. The third-order valence-electron chi connectivity index (χ3n) is 9.31. The van der Waals surface area contributed by atoms with Crippen molar-refractivity contribution >= 4 is 35.5 Å². The third kappa shape index (κ3) is 6.25. The lowest BCUT2D eigenvalue weighted by molar-refractivity contribution is -0.112. The molecule has 4 heterocycles. The number of pyridine rings is 1. The van der Waals surface area contributed by atoms with Crippen molar-refractivity contribution in [2.75, 3.05) is 39.8 Å². The van der Waals surface area contributed by atoms with E-state index in [1.165, 1.54) is 11.0 Å². The monoisotopic (exact) mass is 648 g/mol. The van der Waals surface area contributed by atoms with Crippen LogP contribution < -0.4 is 10.1 Å². The molecular weight excluding hydrogens is 615 g/mol. The van der Waals surface area contributed by atoms with Gasteiger partial charge in [0.1, 0.15) is 12.1 Å². The molecular formula is C32H34Cl2N8O3. The lowest BCUT2D eigenvalue weighted by atomic mass is 9.76. The van der Waals surface area contributed by atoms with Gasteiger partial charge in [0.15, 0.2) is 0 Å². The first-order chi connectivity index (χ1) is 21.9. The van der Waals surface area contributed by atoms with E-state index in [0.29, 0.717) is 40.1 Å². The summed E-state index contributed by atoms with van der Waals surface area (Å²) in [7, 11) is 1.55. The molecule has 2 fully saturated rings. The number of hydrogen-bond donors (Lipinski definition) is 1. The fraction of sp³-hybridized carbons (Fsp3) is 0.375. The Morgan fingerprint density at radius 2 is 1.89 bits per heavy atom. The van der Waals surface area contributed by atoms with Crippen LogP contribution in [0.1, 0.15) is 47.3 Å². The quantitative estimate of drug-likeness (QED) is 0.253. The number of halogens is 2. The number of rotatable bonds is 10. The number of amides is 2. The second kappa shape index (κ2) is 13.1. The second-order valence-electron chi connectivity index (χ2n) is 11.7. The van der Waals surface area contributed by atoms with Crippen molar-refractivity contribution in [1.29, 1.82) is 0 Å². The molecule has 0 radical (unpaired) electrons. The van der Waals surface area contributed by atoms with E-state index >= 15 is 0 Å². The Hall–Kier alpha value is -4.06. The molecule has 0 aliphatic carbocycles. The van der Waals surface area contributed by atoms with Crippen molar-refractivity contribution < 1.29 is 14.3 Å². The van der Waals surface area contributed by atoms with Crippen LogP contribution in [-0.2, 0) is 15.7 Å². The Kier molecular flexibility index (Phi) is 9.02. The number of likely N-dealkylation sites (tertiary alicyclic amines) is 2. The van der Waals surface area contributed by atoms with Crippen LogP contribution in [0, 0.1) is 0 Å². The van der Waals surface area contributed by atoms with Gasteiger partial charge in [-0.1, -0.05) is 35.3 Å². The molecule has 4 aromatic rings. The van der Waals surface area contributed by atoms with Gasteiger partial charge in [-0.2, -0.15) is 0 Å². The smallest absolute Gasteiger partial charge is 0.257 e. The van der Waals surface area contributed by atoms with Crippen LogP contribution in [0.25, 0.3) is 5.69 Å². The topological polar surface area (TPSA) is 118 Å². The van der Waals surface area contributed by atoms with Crippen LogP contribution in [0.3, 0.4) is 0 Å². The molecule has 13 heteroatoms. The molecule has 2 aromatic carbocycles. The highest BCUT2D eigenvalue weighted by molar-refractivity contribution is 6.42. The summed E-state index contributed by atoms with van der Waals surface area (Å²) in [6.07, 6.45) is 7.12. The van der Waals surface area contributed by atoms with Crippen molar-refractivity contribution in [2.24, 2.45) is 0 Å². The van der Waals surface area contributed by atoms with Crippen molar-refractivity contribution in [2.45, 2.75) is 36.6 Å². The number of carbonyl (C=O) groups excluding carboxylic acids is 2. The van der Waals surface area contributed by atoms with Crippen molar-refractivity contribution in [3.63, 3.8) is 0 Å². The largest absolute Gasteiger partial charge is 0.496 e. The van der Waals surface area contributed by atoms with Crippen LogP contribution in [0.4, 0.5) is 0 Å². The fourth-order valence-electron chi connectivity index (χ4n) is 6.67. The van der Waals surface area contributed by atoms with E-state index in [1.807, 2.05) is 47.4 Å². The van der Waals surface area contributed by atoms with Gasteiger partial charge in [-0.15, -0.1) is 5.10 Å². The van der Waals surface area contributed by atoms with E-state index in [-0.39, 0.29) is 11.3 Å². The molecule has 6 rings (SSSR count). The van der Waals surface area contributed by atoms with Gasteiger partial charge in [0.05, 0.1) is 39.6 Å². The van der Waals surface area contributed by atoms with E-state index in [4.69, 9.17) is 27.9 Å². The minimum absolute atomic E-state index is 0.123. The average molecular weight is 650 g/mol. The summed E-state index contributed by atoms with van der Waals surface area (Å²) in [4.78, 5) is 34.5. The molecule has 0 saturated carbocycles. The van der Waals surface area contributed by atoms with E-state index in [0.717, 1.165) is 63.0 Å². The summed E-state index contributed by atoms with van der Waals surface area (Å²) in [6, 6.07) is 16.9. The molecule has 2 aliphatic heterocycles. The maximum atomic E-state index is 14.0. The van der Waals surface area contributed by atoms with Gasteiger partial charge < -0.3 is 19.9 Å². The summed E-state index contributed by atoms with van der Waals surface area (Å²) in [5, 5.41) is 15.4. The van der Waals surface area contributed by atoms with Crippen LogP contribution >= 0.6 is 23.2 Å². The van der Waals surface area contributed by atoms with Crippen LogP contribution in [0.2, 0.25) is 10.0 Å². The minimum Gasteiger partial charge on any atom is -0.496 e.